The molecule has 6 heteroatoms. The molecule has 0 bridgehead atoms. The van der Waals surface area contributed by atoms with Crippen LogP contribution in [-0.4, -0.2) is 33.3 Å². The summed E-state index contributed by atoms with van der Waals surface area (Å²) in [7, 11) is 0. The average Bonchev–Trinajstić information content (AvgIpc) is 3.01. The number of tetrazole rings is 1. The molecule has 0 unspecified atom stereocenters. The lowest BCUT2D eigenvalue weighted by atomic mass is 10.0. The van der Waals surface area contributed by atoms with E-state index in [1.165, 1.54) is 41.7 Å². The van der Waals surface area contributed by atoms with E-state index in [2.05, 4.69) is 45.9 Å². The SMILES string of the molecule is N#Cc1ccc([C@@H](c2nnnn2Cc2ccccc2)[NH+]2CCCCCC2)cc1. The number of hydrogen-bond acceptors (Lipinski definition) is 4. The fraction of sp³-hybridized carbons (Fsp3) is 0.364. The molecule has 1 saturated heterocycles. The van der Waals surface area contributed by atoms with Crippen LogP contribution < -0.4 is 4.90 Å². The third-order valence-corrected chi connectivity index (χ3v) is 5.52. The standard InChI is InChI=1S/C22H24N6/c23-16-18-10-12-20(13-11-18)21(27-14-6-1-2-7-15-27)22-24-25-26-28(22)17-19-8-4-3-5-9-19/h3-5,8-13,21H,1-2,6-7,14-15,17H2/p+1/t21-/m0/s1. The Hall–Kier alpha value is -3.04. The van der Waals surface area contributed by atoms with E-state index in [1.807, 2.05) is 35.0 Å². The van der Waals surface area contributed by atoms with Gasteiger partial charge in [0.2, 0.25) is 5.82 Å². The lowest BCUT2D eigenvalue weighted by molar-refractivity contribution is -0.925. The van der Waals surface area contributed by atoms with E-state index in [0.29, 0.717) is 12.1 Å². The van der Waals surface area contributed by atoms with Gasteiger partial charge in [0, 0.05) is 5.56 Å². The van der Waals surface area contributed by atoms with Crippen molar-refractivity contribution in [1.82, 2.24) is 20.2 Å². The fourth-order valence-electron chi connectivity index (χ4n) is 4.08. The van der Waals surface area contributed by atoms with Crippen LogP contribution in [0.5, 0.6) is 0 Å². The van der Waals surface area contributed by atoms with E-state index < -0.39 is 0 Å². The molecule has 0 amide bonds. The van der Waals surface area contributed by atoms with Crippen molar-refractivity contribution in [3.63, 3.8) is 0 Å². The van der Waals surface area contributed by atoms with Crippen LogP contribution in [0.4, 0.5) is 0 Å². The van der Waals surface area contributed by atoms with Crippen molar-refractivity contribution < 1.29 is 4.90 Å². The third-order valence-electron chi connectivity index (χ3n) is 5.52. The number of aromatic nitrogens is 4. The van der Waals surface area contributed by atoms with Crippen LogP contribution >= 0.6 is 0 Å². The second-order valence-corrected chi connectivity index (χ2v) is 7.42. The predicted octanol–water partition coefficient (Wildman–Crippen LogP) is 2.14. The van der Waals surface area contributed by atoms with Crippen LogP contribution in [0, 0.1) is 11.3 Å². The Kier molecular flexibility index (Phi) is 5.74. The maximum atomic E-state index is 9.15. The van der Waals surface area contributed by atoms with Crippen molar-refractivity contribution in [3.05, 3.63) is 77.1 Å². The van der Waals surface area contributed by atoms with Gasteiger partial charge < -0.3 is 4.90 Å². The molecule has 1 aliphatic heterocycles. The number of rotatable bonds is 5. The van der Waals surface area contributed by atoms with Crippen LogP contribution in [0.1, 0.15) is 54.2 Å². The van der Waals surface area contributed by atoms with Crippen LogP contribution in [0.25, 0.3) is 0 Å². The molecule has 3 aromatic rings. The minimum absolute atomic E-state index is 0.0737. The lowest BCUT2D eigenvalue weighted by Gasteiger charge is -2.27. The highest BCUT2D eigenvalue weighted by molar-refractivity contribution is 5.34. The van der Waals surface area contributed by atoms with Crippen LogP contribution in [0.2, 0.25) is 0 Å². The number of hydrogen-bond donors (Lipinski definition) is 1. The second kappa shape index (κ2) is 8.77. The molecule has 0 spiro atoms. The van der Waals surface area contributed by atoms with Gasteiger partial charge in [-0.05, 0) is 53.8 Å². The van der Waals surface area contributed by atoms with Gasteiger partial charge in [-0.25, -0.2) is 4.68 Å². The van der Waals surface area contributed by atoms with Gasteiger partial charge in [-0.15, -0.1) is 5.10 Å². The van der Waals surface area contributed by atoms with Crippen LogP contribution in [-0.2, 0) is 6.54 Å². The van der Waals surface area contributed by atoms with Crippen molar-refractivity contribution >= 4 is 0 Å². The summed E-state index contributed by atoms with van der Waals surface area (Å²) in [5.74, 6) is 0.894. The number of nitriles is 1. The van der Waals surface area contributed by atoms with Crippen LogP contribution in [0.15, 0.2) is 54.6 Å². The first-order valence-electron chi connectivity index (χ1n) is 10.00. The number of nitrogens with zero attached hydrogens (tertiary/aromatic N) is 5. The smallest absolute Gasteiger partial charge is 0.214 e. The topological polar surface area (TPSA) is 71.8 Å². The zero-order valence-corrected chi connectivity index (χ0v) is 16.0. The molecule has 0 saturated carbocycles. The first-order valence-corrected chi connectivity index (χ1v) is 10.00. The van der Waals surface area contributed by atoms with Gasteiger partial charge in [0.15, 0.2) is 6.04 Å². The number of likely N-dealkylation sites (tertiary alicyclic amines) is 1. The molecule has 1 aromatic heterocycles. The van der Waals surface area contributed by atoms with Crippen molar-refractivity contribution in [1.29, 1.82) is 5.26 Å². The molecule has 4 rings (SSSR count). The monoisotopic (exact) mass is 373 g/mol. The highest BCUT2D eigenvalue weighted by Crippen LogP contribution is 2.19. The molecule has 6 nitrogen and oxygen atoms in total. The summed E-state index contributed by atoms with van der Waals surface area (Å²) < 4.78 is 1.93. The molecule has 0 radical (unpaired) electrons. The van der Waals surface area contributed by atoms with Gasteiger partial charge >= 0.3 is 0 Å². The summed E-state index contributed by atoms with van der Waals surface area (Å²) in [6.07, 6.45) is 5.03. The lowest BCUT2D eigenvalue weighted by Crippen LogP contribution is -3.12. The first kappa shape index (κ1) is 18.3. The summed E-state index contributed by atoms with van der Waals surface area (Å²) in [5.41, 5.74) is 3.03. The molecule has 1 fully saturated rings. The highest BCUT2D eigenvalue weighted by Gasteiger charge is 2.32. The van der Waals surface area contributed by atoms with Gasteiger partial charge in [0.05, 0.1) is 31.3 Å². The quantitative estimate of drug-likeness (QED) is 0.744. The average molecular weight is 373 g/mol. The summed E-state index contributed by atoms with van der Waals surface area (Å²) in [4.78, 5) is 1.51. The Morgan fingerprint density at radius 1 is 0.964 bits per heavy atom. The minimum atomic E-state index is 0.0737. The summed E-state index contributed by atoms with van der Waals surface area (Å²) >= 11 is 0. The number of benzene rings is 2. The molecular formula is C22H25N6+. The Bertz CT molecular complexity index is 918. The van der Waals surface area contributed by atoms with Gasteiger partial charge in [-0.3, -0.25) is 0 Å². The Balaban J connectivity index is 1.71. The van der Waals surface area contributed by atoms with Crippen molar-refractivity contribution in [3.8, 4) is 6.07 Å². The van der Waals surface area contributed by atoms with Crippen molar-refractivity contribution in [2.24, 2.45) is 0 Å². The zero-order valence-electron chi connectivity index (χ0n) is 16.0. The number of nitrogens with one attached hydrogen (secondary N) is 1. The van der Waals surface area contributed by atoms with Gasteiger partial charge in [0.1, 0.15) is 0 Å². The molecule has 2 aromatic carbocycles. The van der Waals surface area contributed by atoms with Crippen LogP contribution in [0.3, 0.4) is 0 Å². The third kappa shape index (κ3) is 4.10. The van der Waals surface area contributed by atoms with Crippen molar-refractivity contribution in [2.45, 2.75) is 38.3 Å². The summed E-state index contributed by atoms with van der Waals surface area (Å²) in [6, 6.07) is 20.5. The Morgan fingerprint density at radius 2 is 1.68 bits per heavy atom. The number of quaternary nitrogens is 1. The molecule has 1 aliphatic rings. The van der Waals surface area contributed by atoms with E-state index in [1.54, 1.807) is 0 Å². The highest BCUT2D eigenvalue weighted by atomic mass is 15.5. The van der Waals surface area contributed by atoms with E-state index in [0.717, 1.165) is 18.9 Å². The van der Waals surface area contributed by atoms with E-state index in [9.17, 15) is 0 Å². The zero-order chi connectivity index (χ0) is 19.2. The van der Waals surface area contributed by atoms with E-state index in [4.69, 9.17) is 5.26 Å². The second-order valence-electron chi connectivity index (χ2n) is 7.42. The molecular weight excluding hydrogens is 348 g/mol. The van der Waals surface area contributed by atoms with Crippen molar-refractivity contribution in [2.75, 3.05) is 13.1 Å². The molecule has 1 N–H and O–H groups in total. The Morgan fingerprint density at radius 3 is 2.36 bits per heavy atom. The van der Waals surface area contributed by atoms with E-state index >= 15 is 0 Å². The normalized spacial score (nSPS) is 16.2. The van der Waals surface area contributed by atoms with Gasteiger partial charge in [-0.1, -0.05) is 42.5 Å². The van der Waals surface area contributed by atoms with Gasteiger partial charge in [0.25, 0.3) is 0 Å². The molecule has 2 heterocycles. The fourth-order valence-corrected chi connectivity index (χ4v) is 4.08. The maximum Gasteiger partial charge on any atom is 0.214 e. The molecule has 1 atom stereocenters. The first-order chi connectivity index (χ1) is 13.8. The van der Waals surface area contributed by atoms with E-state index in [-0.39, 0.29) is 6.04 Å². The molecule has 0 aliphatic carbocycles. The summed E-state index contributed by atoms with van der Waals surface area (Å²) in [6.45, 7) is 2.88. The summed E-state index contributed by atoms with van der Waals surface area (Å²) in [5, 5.41) is 21.9. The maximum absolute atomic E-state index is 9.15. The Labute approximate surface area is 165 Å². The minimum Gasteiger partial charge on any atom is -0.322 e. The predicted molar refractivity (Wildman–Crippen MR) is 106 cm³/mol. The molecule has 28 heavy (non-hydrogen) atoms. The largest absolute Gasteiger partial charge is 0.322 e. The van der Waals surface area contributed by atoms with Gasteiger partial charge in [-0.2, -0.15) is 5.26 Å². The molecule has 142 valence electrons.